The van der Waals surface area contributed by atoms with Gasteiger partial charge in [-0.3, -0.25) is 14.7 Å². The molecule has 1 unspecified atom stereocenters. The van der Waals surface area contributed by atoms with Gasteiger partial charge in [-0.25, -0.2) is 4.39 Å². The molecule has 3 rings (SSSR count). The first-order chi connectivity index (χ1) is 16.8. The van der Waals surface area contributed by atoms with Crippen LogP contribution in [-0.4, -0.2) is 28.4 Å². The molecule has 35 heavy (non-hydrogen) atoms. The number of H-pyrrole nitrogens is 1. The van der Waals surface area contributed by atoms with Crippen molar-refractivity contribution in [3.8, 4) is 11.8 Å². The van der Waals surface area contributed by atoms with Crippen molar-refractivity contribution in [2.45, 2.75) is 58.3 Å². The first-order valence-corrected chi connectivity index (χ1v) is 12.0. The minimum atomic E-state index is -0.396. The molecule has 2 N–H and O–H groups in total. The number of carbonyl (C=O) groups is 2. The zero-order chi connectivity index (χ0) is 25.3. The van der Waals surface area contributed by atoms with Crippen molar-refractivity contribution in [2.24, 2.45) is 0 Å². The second-order valence-electron chi connectivity index (χ2n) is 9.17. The van der Waals surface area contributed by atoms with Crippen LogP contribution in [0.25, 0.3) is 0 Å². The van der Waals surface area contributed by atoms with E-state index in [1.807, 2.05) is 12.3 Å². The summed E-state index contributed by atoms with van der Waals surface area (Å²) in [5, 5.41) is 9.69. The van der Waals surface area contributed by atoms with Gasteiger partial charge in [-0.15, -0.1) is 0 Å². The molecule has 6 heteroatoms. The molecule has 1 amide bonds. The largest absolute Gasteiger partial charge is 0.352 e. The van der Waals surface area contributed by atoms with Crippen molar-refractivity contribution in [3.05, 3.63) is 88.5 Å². The number of benzene rings is 2. The molecule has 0 aliphatic heterocycles. The Labute approximate surface area is 206 Å². The van der Waals surface area contributed by atoms with E-state index in [-0.39, 0.29) is 17.5 Å². The highest BCUT2D eigenvalue weighted by Crippen LogP contribution is 2.35. The van der Waals surface area contributed by atoms with Crippen molar-refractivity contribution >= 4 is 11.7 Å². The Balaban J connectivity index is 1.88. The molecule has 0 saturated carbocycles. The predicted octanol–water partition coefficient (Wildman–Crippen LogP) is 5.35. The number of aromatic amines is 1. The van der Waals surface area contributed by atoms with Gasteiger partial charge in [0, 0.05) is 41.3 Å². The monoisotopic (exact) mass is 473 g/mol. The highest BCUT2D eigenvalue weighted by atomic mass is 19.1. The van der Waals surface area contributed by atoms with E-state index in [9.17, 15) is 14.0 Å². The number of carbonyl (C=O) groups excluding carboxylic acids is 2. The summed E-state index contributed by atoms with van der Waals surface area (Å²) in [6.07, 6.45) is 7.37. The smallest absolute Gasteiger partial charge is 0.251 e. The molecule has 182 valence electrons. The summed E-state index contributed by atoms with van der Waals surface area (Å²) in [4.78, 5) is 25.0. The Hall–Kier alpha value is -3.72. The number of nitrogens with zero attached hydrogens (tertiary/aromatic N) is 1. The lowest BCUT2D eigenvalue weighted by atomic mass is 9.73. The van der Waals surface area contributed by atoms with Crippen LogP contribution < -0.4 is 5.32 Å². The van der Waals surface area contributed by atoms with Crippen molar-refractivity contribution in [1.29, 1.82) is 0 Å². The molecule has 0 fully saturated rings. The molecule has 1 heterocycles. The summed E-state index contributed by atoms with van der Waals surface area (Å²) in [6.45, 7) is 6.31. The molecular weight excluding hydrogens is 441 g/mol. The summed E-state index contributed by atoms with van der Waals surface area (Å²) in [5.74, 6) is 5.90. The highest BCUT2D eigenvalue weighted by molar-refractivity contribution is 5.94. The first kappa shape index (κ1) is 25.9. The molecule has 0 spiro atoms. The molecule has 3 aromatic rings. The van der Waals surface area contributed by atoms with E-state index in [0.717, 1.165) is 36.8 Å². The number of Topliss-reactive ketones (excluding diaryl/α,β-unsaturated/α-hetero) is 1. The van der Waals surface area contributed by atoms with Crippen LogP contribution in [0.15, 0.2) is 54.9 Å². The molecule has 5 nitrogen and oxygen atoms in total. The average molecular weight is 474 g/mol. The van der Waals surface area contributed by atoms with Gasteiger partial charge in [-0.05, 0) is 73.7 Å². The maximum absolute atomic E-state index is 13.3. The summed E-state index contributed by atoms with van der Waals surface area (Å²) < 4.78 is 13.3. The van der Waals surface area contributed by atoms with Crippen molar-refractivity contribution < 1.29 is 14.0 Å². The van der Waals surface area contributed by atoms with E-state index in [2.05, 4.69) is 41.2 Å². The Bertz CT molecular complexity index is 1210. The number of aromatic nitrogens is 2. The molecule has 0 radical (unpaired) electrons. The number of aryl methyl sites for hydroxylation is 1. The summed E-state index contributed by atoms with van der Waals surface area (Å²) in [6, 6.07) is 11.5. The lowest BCUT2D eigenvalue weighted by Crippen LogP contribution is -2.28. The third kappa shape index (κ3) is 7.38. The molecule has 0 aliphatic carbocycles. The van der Waals surface area contributed by atoms with Gasteiger partial charge < -0.3 is 5.32 Å². The molecule has 1 aromatic heterocycles. The number of halogens is 1. The highest BCUT2D eigenvalue weighted by Gasteiger charge is 2.30. The fourth-order valence-corrected chi connectivity index (χ4v) is 4.42. The van der Waals surface area contributed by atoms with Gasteiger partial charge in [0.05, 0.1) is 6.20 Å². The zero-order valence-corrected chi connectivity index (χ0v) is 20.6. The molecule has 0 saturated heterocycles. The third-order valence-corrected chi connectivity index (χ3v) is 6.04. The SMILES string of the molecule is CCCC(C)(CC(C)=O)c1ccc(C(=O)NCCCc2cn[nH]c2)cc1C#Cc1ccc(F)cc1. The van der Waals surface area contributed by atoms with Crippen LogP contribution in [0.5, 0.6) is 0 Å². The van der Waals surface area contributed by atoms with E-state index < -0.39 is 5.41 Å². The molecule has 2 aromatic carbocycles. The summed E-state index contributed by atoms with van der Waals surface area (Å²) in [5.41, 5.74) is 3.55. The Morgan fingerprint density at radius 2 is 1.91 bits per heavy atom. The first-order valence-electron chi connectivity index (χ1n) is 12.0. The molecule has 0 bridgehead atoms. The Kier molecular flexibility index (Phi) is 8.97. The topological polar surface area (TPSA) is 74.8 Å². The molecule has 0 aliphatic rings. The maximum Gasteiger partial charge on any atom is 0.251 e. The Morgan fingerprint density at radius 1 is 1.14 bits per heavy atom. The van der Waals surface area contributed by atoms with Crippen LogP contribution in [-0.2, 0) is 16.6 Å². The van der Waals surface area contributed by atoms with Gasteiger partial charge in [-0.1, -0.05) is 38.2 Å². The van der Waals surface area contributed by atoms with Crippen LogP contribution in [0.3, 0.4) is 0 Å². The minimum absolute atomic E-state index is 0.109. The van der Waals surface area contributed by atoms with E-state index in [0.29, 0.717) is 29.7 Å². The normalized spacial score (nSPS) is 12.3. The van der Waals surface area contributed by atoms with Crippen molar-refractivity contribution in [1.82, 2.24) is 15.5 Å². The standard InChI is InChI=1S/C29H32FN3O2/c1-4-15-29(3,18-21(2)34)27-14-11-25(28(35)31-16-5-6-23-19-32-33-20-23)17-24(27)10-7-22-8-12-26(30)13-9-22/h8-9,11-14,17,19-20H,4-6,15-16,18H2,1-3H3,(H,31,35)(H,32,33). The van der Waals surface area contributed by atoms with E-state index >= 15 is 0 Å². The van der Waals surface area contributed by atoms with Crippen LogP contribution in [0, 0.1) is 17.7 Å². The van der Waals surface area contributed by atoms with Crippen LogP contribution in [0.1, 0.15) is 79.1 Å². The van der Waals surface area contributed by atoms with Crippen molar-refractivity contribution in [2.75, 3.05) is 6.54 Å². The zero-order valence-electron chi connectivity index (χ0n) is 20.6. The fourth-order valence-electron chi connectivity index (χ4n) is 4.42. The van der Waals surface area contributed by atoms with Gasteiger partial charge in [0.2, 0.25) is 0 Å². The van der Waals surface area contributed by atoms with Gasteiger partial charge in [0.15, 0.2) is 0 Å². The van der Waals surface area contributed by atoms with Gasteiger partial charge in [0.25, 0.3) is 5.91 Å². The van der Waals surface area contributed by atoms with Crippen molar-refractivity contribution in [3.63, 3.8) is 0 Å². The van der Waals surface area contributed by atoms with Crippen LogP contribution >= 0.6 is 0 Å². The number of hydrogen-bond acceptors (Lipinski definition) is 3. The van der Waals surface area contributed by atoms with Crippen LogP contribution in [0.2, 0.25) is 0 Å². The lowest BCUT2D eigenvalue weighted by Gasteiger charge is -2.30. The predicted molar refractivity (Wildman–Crippen MR) is 136 cm³/mol. The van der Waals surface area contributed by atoms with E-state index in [1.54, 1.807) is 37.4 Å². The second kappa shape index (κ2) is 12.1. The third-order valence-electron chi connectivity index (χ3n) is 6.04. The van der Waals surface area contributed by atoms with Gasteiger partial charge in [-0.2, -0.15) is 5.10 Å². The van der Waals surface area contributed by atoms with Crippen LogP contribution in [0.4, 0.5) is 4.39 Å². The summed E-state index contributed by atoms with van der Waals surface area (Å²) >= 11 is 0. The fraction of sp³-hybridized carbons (Fsp3) is 0.345. The quantitative estimate of drug-likeness (QED) is 0.308. The average Bonchev–Trinajstić information content (AvgIpc) is 3.34. The number of rotatable bonds is 10. The van der Waals surface area contributed by atoms with E-state index in [4.69, 9.17) is 0 Å². The number of ketones is 1. The van der Waals surface area contributed by atoms with E-state index in [1.165, 1.54) is 12.1 Å². The number of hydrogen-bond donors (Lipinski definition) is 2. The summed E-state index contributed by atoms with van der Waals surface area (Å²) in [7, 11) is 0. The molecular formula is C29H32FN3O2. The maximum atomic E-state index is 13.3. The van der Waals surface area contributed by atoms with Gasteiger partial charge >= 0.3 is 0 Å². The number of amides is 1. The second-order valence-corrected chi connectivity index (χ2v) is 9.17. The molecule has 1 atom stereocenters. The minimum Gasteiger partial charge on any atom is -0.352 e. The number of nitrogens with one attached hydrogen (secondary N) is 2. The van der Waals surface area contributed by atoms with Gasteiger partial charge in [0.1, 0.15) is 11.6 Å². The Morgan fingerprint density at radius 3 is 2.57 bits per heavy atom. The lowest BCUT2D eigenvalue weighted by molar-refractivity contribution is -0.118.